The van der Waals surface area contributed by atoms with Gasteiger partial charge in [0.1, 0.15) is 0 Å². The van der Waals surface area contributed by atoms with Gasteiger partial charge in [-0.25, -0.2) is 0 Å². The van der Waals surface area contributed by atoms with Crippen LogP contribution in [0.1, 0.15) is 39.0 Å². The summed E-state index contributed by atoms with van der Waals surface area (Å²) < 4.78 is 0. The largest absolute Gasteiger partial charge is 0.342 e. The summed E-state index contributed by atoms with van der Waals surface area (Å²) in [6.07, 6.45) is 5.90. The molecule has 0 aromatic heterocycles. The molecule has 0 saturated carbocycles. The molecule has 0 aromatic rings. The molecule has 2 aliphatic rings. The molecular formula is C12H22N2O. The Morgan fingerprint density at radius 3 is 2.60 bits per heavy atom. The fourth-order valence-corrected chi connectivity index (χ4v) is 2.73. The van der Waals surface area contributed by atoms with E-state index in [1.165, 1.54) is 19.3 Å². The zero-order chi connectivity index (χ0) is 10.7. The highest BCUT2D eigenvalue weighted by Gasteiger charge is 2.31. The van der Waals surface area contributed by atoms with Gasteiger partial charge in [-0.3, -0.25) is 4.79 Å². The number of nitrogens with one attached hydrogen (secondary N) is 1. The van der Waals surface area contributed by atoms with Crippen LogP contribution in [0.4, 0.5) is 0 Å². The van der Waals surface area contributed by atoms with Crippen LogP contribution in [0, 0.1) is 5.92 Å². The first-order valence-corrected chi connectivity index (χ1v) is 6.31. The fourth-order valence-electron chi connectivity index (χ4n) is 2.73. The monoisotopic (exact) mass is 210 g/mol. The molecular weight excluding hydrogens is 188 g/mol. The summed E-state index contributed by atoms with van der Waals surface area (Å²) in [5.74, 6) is 0.631. The highest BCUT2D eigenvalue weighted by molar-refractivity contribution is 5.79. The van der Waals surface area contributed by atoms with Gasteiger partial charge in [-0.1, -0.05) is 0 Å². The average Bonchev–Trinajstić information content (AvgIpc) is 2.30. The summed E-state index contributed by atoms with van der Waals surface area (Å²) in [7, 11) is 0. The van der Waals surface area contributed by atoms with E-state index in [1.807, 2.05) is 0 Å². The first-order chi connectivity index (χ1) is 7.29. The van der Waals surface area contributed by atoms with Gasteiger partial charge >= 0.3 is 0 Å². The van der Waals surface area contributed by atoms with Gasteiger partial charge in [0, 0.05) is 19.1 Å². The third-order valence-electron chi connectivity index (χ3n) is 3.75. The van der Waals surface area contributed by atoms with Gasteiger partial charge in [0.25, 0.3) is 0 Å². The smallest absolute Gasteiger partial charge is 0.227 e. The maximum absolute atomic E-state index is 12.2. The Morgan fingerprint density at radius 2 is 1.93 bits per heavy atom. The molecule has 1 N–H and O–H groups in total. The van der Waals surface area contributed by atoms with Gasteiger partial charge in [0.15, 0.2) is 0 Å². The van der Waals surface area contributed by atoms with Gasteiger partial charge in [-0.2, -0.15) is 0 Å². The van der Waals surface area contributed by atoms with Crippen molar-refractivity contribution in [1.29, 1.82) is 0 Å². The lowest BCUT2D eigenvalue weighted by Crippen LogP contribution is -2.49. The van der Waals surface area contributed by atoms with Crippen molar-refractivity contribution in [2.75, 3.05) is 19.6 Å². The minimum absolute atomic E-state index is 0.233. The molecule has 86 valence electrons. The molecule has 2 saturated heterocycles. The van der Waals surface area contributed by atoms with Crippen molar-refractivity contribution in [2.45, 2.75) is 45.1 Å². The summed E-state index contributed by atoms with van der Waals surface area (Å²) >= 11 is 0. The molecule has 2 heterocycles. The molecule has 0 radical (unpaired) electrons. The number of hydrogen-bond donors (Lipinski definition) is 1. The fraction of sp³-hybridized carbons (Fsp3) is 0.917. The summed E-state index contributed by atoms with van der Waals surface area (Å²) in [5.41, 5.74) is 0. The van der Waals surface area contributed by atoms with Crippen LogP contribution in [-0.4, -0.2) is 36.5 Å². The molecule has 3 nitrogen and oxygen atoms in total. The molecule has 0 aromatic carbocycles. The second-order valence-electron chi connectivity index (χ2n) is 4.88. The van der Waals surface area contributed by atoms with Crippen LogP contribution >= 0.6 is 0 Å². The second-order valence-corrected chi connectivity index (χ2v) is 4.88. The average molecular weight is 210 g/mol. The van der Waals surface area contributed by atoms with Crippen LogP contribution in [0.15, 0.2) is 0 Å². The van der Waals surface area contributed by atoms with Crippen molar-refractivity contribution in [3.05, 3.63) is 0 Å². The van der Waals surface area contributed by atoms with E-state index in [-0.39, 0.29) is 5.92 Å². The number of hydrogen-bond acceptors (Lipinski definition) is 2. The minimum atomic E-state index is 0.233. The van der Waals surface area contributed by atoms with E-state index in [0.717, 1.165) is 32.5 Å². The van der Waals surface area contributed by atoms with Gasteiger partial charge < -0.3 is 10.2 Å². The van der Waals surface area contributed by atoms with Crippen molar-refractivity contribution in [3.63, 3.8) is 0 Å². The zero-order valence-electron chi connectivity index (χ0n) is 9.67. The SMILES string of the molecule is C[C@@H]1NCCC[C@H]1C(=O)N1CCCCC1. The number of carbonyl (C=O) groups excluding carboxylic acids is 1. The molecule has 2 rings (SSSR count). The zero-order valence-corrected chi connectivity index (χ0v) is 9.67. The third-order valence-corrected chi connectivity index (χ3v) is 3.75. The van der Waals surface area contributed by atoms with Crippen molar-refractivity contribution in [2.24, 2.45) is 5.92 Å². The quantitative estimate of drug-likeness (QED) is 0.709. The number of rotatable bonds is 1. The molecule has 0 bridgehead atoms. The van der Waals surface area contributed by atoms with E-state index in [9.17, 15) is 4.79 Å². The molecule has 0 unspecified atom stereocenters. The number of piperidine rings is 2. The maximum atomic E-state index is 12.2. The summed E-state index contributed by atoms with van der Waals surface area (Å²) in [4.78, 5) is 14.3. The van der Waals surface area contributed by atoms with Gasteiger partial charge in [-0.05, 0) is 45.6 Å². The van der Waals surface area contributed by atoms with Crippen LogP contribution < -0.4 is 5.32 Å². The molecule has 3 heteroatoms. The van der Waals surface area contributed by atoms with Crippen molar-refractivity contribution in [1.82, 2.24) is 10.2 Å². The molecule has 2 fully saturated rings. The van der Waals surface area contributed by atoms with Crippen LogP contribution in [0.25, 0.3) is 0 Å². The van der Waals surface area contributed by atoms with E-state index in [2.05, 4.69) is 17.1 Å². The Bertz CT molecular complexity index is 224. The normalized spacial score (nSPS) is 32.7. The van der Waals surface area contributed by atoms with Gasteiger partial charge in [0.05, 0.1) is 5.92 Å². The van der Waals surface area contributed by atoms with Crippen molar-refractivity contribution in [3.8, 4) is 0 Å². The van der Waals surface area contributed by atoms with Crippen molar-refractivity contribution >= 4 is 5.91 Å². The minimum Gasteiger partial charge on any atom is -0.342 e. The molecule has 2 atom stereocenters. The Balaban J connectivity index is 1.92. The topological polar surface area (TPSA) is 32.3 Å². The predicted molar refractivity (Wildman–Crippen MR) is 60.6 cm³/mol. The third kappa shape index (κ3) is 2.51. The summed E-state index contributed by atoms with van der Waals surface area (Å²) in [5, 5.41) is 3.40. The van der Waals surface area contributed by atoms with Crippen LogP contribution in [-0.2, 0) is 4.79 Å². The van der Waals surface area contributed by atoms with Crippen molar-refractivity contribution < 1.29 is 4.79 Å². The van der Waals surface area contributed by atoms with E-state index < -0.39 is 0 Å². The highest BCUT2D eigenvalue weighted by Crippen LogP contribution is 2.21. The lowest BCUT2D eigenvalue weighted by molar-refractivity contribution is -0.138. The van der Waals surface area contributed by atoms with Gasteiger partial charge in [0.2, 0.25) is 5.91 Å². The van der Waals surface area contributed by atoms with Crippen LogP contribution in [0.5, 0.6) is 0 Å². The van der Waals surface area contributed by atoms with E-state index in [1.54, 1.807) is 0 Å². The van der Waals surface area contributed by atoms with Crippen LogP contribution in [0.3, 0.4) is 0 Å². The predicted octanol–water partition coefficient (Wildman–Crippen LogP) is 1.39. The lowest BCUT2D eigenvalue weighted by atomic mass is 9.90. The molecule has 0 spiro atoms. The first-order valence-electron chi connectivity index (χ1n) is 6.31. The number of carbonyl (C=O) groups is 1. The molecule has 15 heavy (non-hydrogen) atoms. The number of amides is 1. The highest BCUT2D eigenvalue weighted by atomic mass is 16.2. The van der Waals surface area contributed by atoms with E-state index >= 15 is 0 Å². The maximum Gasteiger partial charge on any atom is 0.227 e. The van der Waals surface area contributed by atoms with E-state index in [4.69, 9.17) is 0 Å². The number of nitrogens with zero attached hydrogens (tertiary/aromatic N) is 1. The first kappa shape index (κ1) is 10.9. The Hall–Kier alpha value is -0.570. The second kappa shape index (κ2) is 4.97. The van der Waals surface area contributed by atoms with Gasteiger partial charge in [-0.15, -0.1) is 0 Å². The molecule has 1 amide bonds. The molecule has 0 aliphatic carbocycles. The standard InChI is InChI=1S/C12H22N2O/c1-10-11(6-5-7-13-10)12(15)14-8-3-2-4-9-14/h10-11,13H,2-9H2,1H3/t10-,11+/m0/s1. The Kier molecular flexibility index (Phi) is 3.62. The lowest BCUT2D eigenvalue weighted by Gasteiger charge is -2.35. The number of likely N-dealkylation sites (tertiary alicyclic amines) is 1. The Morgan fingerprint density at radius 1 is 1.20 bits per heavy atom. The Labute approximate surface area is 92.2 Å². The van der Waals surface area contributed by atoms with Crippen LogP contribution in [0.2, 0.25) is 0 Å². The molecule has 2 aliphatic heterocycles. The summed E-state index contributed by atoms with van der Waals surface area (Å²) in [6.45, 7) is 5.20. The van der Waals surface area contributed by atoms with E-state index in [0.29, 0.717) is 11.9 Å². The summed E-state index contributed by atoms with van der Waals surface area (Å²) in [6, 6.07) is 0.369.